The third-order valence-electron chi connectivity index (χ3n) is 6.07. The number of methoxy groups -OCH3 is 1. The highest BCUT2D eigenvalue weighted by Gasteiger charge is 2.33. The monoisotopic (exact) mass is 413 g/mol. The molecule has 1 saturated carbocycles. The van der Waals surface area contributed by atoms with Gasteiger partial charge in [-0.3, -0.25) is 4.79 Å². The van der Waals surface area contributed by atoms with Gasteiger partial charge in [-0.15, -0.1) is 0 Å². The van der Waals surface area contributed by atoms with Crippen molar-refractivity contribution in [2.75, 3.05) is 60.0 Å². The lowest BCUT2D eigenvalue weighted by molar-refractivity contribution is -0.141. The molecule has 0 bridgehead atoms. The van der Waals surface area contributed by atoms with Crippen LogP contribution in [0.15, 0.2) is 0 Å². The molecule has 0 aromatic heterocycles. The van der Waals surface area contributed by atoms with Gasteiger partial charge in [0.15, 0.2) is 0 Å². The number of likely N-dealkylation sites (N-methyl/N-ethyl adjacent to an activating group) is 1. The molecule has 0 aromatic carbocycles. The first-order chi connectivity index (χ1) is 14.0. The second-order valence-corrected chi connectivity index (χ2v) is 8.47. The number of carbonyl (C=O) groups is 1. The number of hydrogen-bond donors (Lipinski definition) is 1. The Balaban J connectivity index is 0.000000595. The van der Waals surface area contributed by atoms with Crippen molar-refractivity contribution in [3.05, 3.63) is 0 Å². The first-order valence-corrected chi connectivity index (χ1v) is 12.2. The maximum absolute atomic E-state index is 12.3. The van der Waals surface area contributed by atoms with Gasteiger partial charge in [0.25, 0.3) is 0 Å². The summed E-state index contributed by atoms with van der Waals surface area (Å²) in [6.07, 6.45) is 8.38. The molecule has 5 nitrogen and oxygen atoms in total. The van der Waals surface area contributed by atoms with E-state index < -0.39 is 0 Å². The van der Waals surface area contributed by atoms with E-state index in [0.717, 1.165) is 64.1 Å². The number of likely N-dealkylation sites (tertiary alicyclic amines) is 1. The predicted octanol–water partition coefficient (Wildman–Crippen LogP) is 4.27. The first-order valence-electron chi connectivity index (χ1n) is 12.2. The van der Waals surface area contributed by atoms with Crippen LogP contribution in [0.5, 0.6) is 0 Å². The molecule has 2 fully saturated rings. The molecular formula is C24H51N3O2. The van der Waals surface area contributed by atoms with E-state index in [1.54, 1.807) is 7.11 Å². The van der Waals surface area contributed by atoms with E-state index >= 15 is 0 Å². The third-order valence-corrected chi connectivity index (χ3v) is 6.07. The van der Waals surface area contributed by atoms with Crippen LogP contribution in [0.2, 0.25) is 0 Å². The largest absolute Gasteiger partial charge is 0.385 e. The van der Waals surface area contributed by atoms with Crippen LogP contribution in [-0.2, 0) is 9.53 Å². The average Bonchev–Trinajstić information content (AvgIpc) is 2.72. The normalized spacial score (nSPS) is 17.7. The van der Waals surface area contributed by atoms with Gasteiger partial charge in [0.1, 0.15) is 0 Å². The lowest BCUT2D eigenvalue weighted by Gasteiger charge is -2.40. The van der Waals surface area contributed by atoms with Gasteiger partial charge in [-0.1, -0.05) is 66.7 Å². The summed E-state index contributed by atoms with van der Waals surface area (Å²) in [4.78, 5) is 16.6. The minimum atomic E-state index is 0.212. The summed E-state index contributed by atoms with van der Waals surface area (Å²) in [6.45, 7) is 16.9. The molecule has 1 N–H and O–H groups in total. The minimum Gasteiger partial charge on any atom is -0.385 e. The molecule has 0 atom stereocenters. The lowest BCUT2D eigenvalue weighted by atomic mass is 9.82. The van der Waals surface area contributed by atoms with Crippen molar-refractivity contribution < 1.29 is 9.53 Å². The molecule has 1 aliphatic carbocycles. The summed E-state index contributed by atoms with van der Waals surface area (Å²) in [5, 5.41) is 3.10. The molecule has 5 heteroatoms. The van der Waals surface area contributed by atoms with Gasteiger partial charge in [-0.05, 0) is 31.8 Å². The number of amides is 1. The van der Waals surface area contributed by atoms with E-state index in [1.807, 2.05) is 25.8 Å². The zero-order valence-electron chi connectivity index (χ0n) is 20.6. The Morgan fingerprint density at radius 1 is 1.14 bits per heavy atom. The SMILES string of the molecule is CC.CC(C)C1CCCCC1.CCN1CC(C(=O)N(CCCOC)CCNC)C1. The molecule has 1 aliphatic heterocycles. The molecule has 2 aliphatic rings. The molecule has 2 rings (SSSR count). The highest BCUT2D eigenvalue weighted by molar-refractivity contribution is 5.80. The highest BCUT2D eigenvalue weighted by atomic mass is 16.5. The Labute approximate surface area is 181 Å². The van der Waals surface area contributed by atoms with Gasteiger partial charge < -0.3 is 19.9 Å². The second-order valence-electron chi connectivity index (χ2n) is 8.47. The fourth-order valence-electron chi connectivity index (χ4n) is 4.02. The third kappa shape index (κ3) is 12.0. The van der Waals surface area contributed by atoms with E-state index in [-0.39, 0.29) is 5.92 Å². The van der Waals surface area contributed by atoms with Crippen molar-refractivity contribution in [1.29, 1.82) is 0 Å². The summed E-state index contributed by atoms with van der Waals surface area (Å²) in [7, 11) is 3.62. The summed E-state index contributed by atoms with van der Waals surface area (Å²) in [5.41, 5.74) is 0. The fraction of sp³-hybridized carbons (Fsp3) is 0.958. The van der Waals surface area contributed by atoms with E-state index in [2.05, 4.69) is 31.0 Å². The zero-order chi connectivity index (χ0) is 22.1. The highest BCUT2D eigenvalue weighted by Crippen LogP contribution is 2.29. The molecule has 29 heavy (non-hydrogen) atoms. The average molecular weight is 414 g/mol. The van der Waals surface area contributed by atoms with E-state index in [0.29, 0.717) is 5.91 Å². The summed E-state index contributed by atoms with van der Waals surface area (Å²) in [5.74, 6) is 2.51. The quantitative estimate of drug-likeness (QED) is 0.543. The van der Waals surface area contributed by atoms with Crippen molar-refractivity contribution in [2.24, 2.45) is 17.8 Å². The molecule has 0 aromatic rings. The Morgan fingerprint density at radius 2 is 1.76 bits per heavy atom. The molecule has 0 spiro atoms. The van der Waals surface area contributed by atoms with Crippen molar-refractivity contribution >= 4 is 5.91 Å². The minimum absolute atomic E-state index is 0.212. The van der Waals surface area contributed by atoms with Gasteiger partial charge in [-0.2, -0.15) is 0 Å². The number of nitrogens with one attached hydrogen (secondary N) is 1. The van der Waals surface area contributed by atoms with Crippen LogP contribution in [0.4, 0.5) is 0 Å². The lowest BCUT2D eigenvalue weighted by Crippen LogP contribution is -2.55. The Hall–Kier alpha value is -0.650. The van der Waals surface area contributed by atoms with Gasteiger partial charge in [0.2, 0.25) is 5.91 Å². The van der Waals surface area contributed by atoms with Gasteiger partial charge in [-0.25, -0.2) is 0 Å². The van der Waals surface area contributed by atoms with Crippen LogP contribution in [0.1, 0.15) is 73.1 Å². The number of carbonyl (C=O) groups excluding carboxylic acids is 1. The van der Waals surface area contributed by atoms with Crippen LogP contribution in [0.25, 0.3) is 0 Å². The van der Waals surface area contributed by atoms with Gasteiger partial charge in [0, 0.05) is 46.4 Å². The van der Waals surface area contributed by atoms with Gasteiger partial charge in [0.05, 0.1) is 5.92 Å². The maximum atomic E-state index is 12.3. The Kier molecular flexibility index (Phi) is 17.7. The predicted molar refractivity (Wildman–Crippen MR) is 125 cm³/mol. The van der Waals surface area contributed by atoms with E-state index in [4.69, 9.17) is 4.74 Å². The maximum Gasteiger partial charge on any atom is 0.228 e. The van der Waals surface area contributed by atoms with E-state index in [1.165, 1.54) is 32.1 Å². The fourth-order valence-corrected chi connectivity index (χ4v) is 4.02. The van der Waals surface area contributed by atoms with E-state index in [9.17, 15) is 4.79 Å². The van der Waals surface area contributed by atoms with Crippen molar-refractivity contribution in [1.82, 2.24) is 15.1 Å². The number of hydrogen-bond acceptors (Lipinski definition) is 4. The summed E-state index contributed by atoms with van der Waals surface area (Å²) in [6, 6.07) is 0. The molecule has 1 amide bonds. The van der Waals surface area contributed by atoms with Crippen molar-refractivity contribution in [3.63, 3.8) is 0 Å². The molecular weight excluding hydrogens is 362 g/mol. The summed E-state index contributed by atoms with van der Waals surface area (Å²) >= 11 is 0. The van der Waals surface area contributed by atoms with Crippen LogP contribution < -0.4 is 5.32 Å². The number of ether oxygens (including phenoxy) is 1. The van der Waals surface area contributed by atoms with Gasteiger partial charge >= 0.3 is 0 Å². The molecule has 0 radical (unpaired) electrons. The zero-order valence-corrected chi connectivity index (χ0v) is 20.6. The standard InChI is InChI=1S/C13H27N3O2.C9H18.C2H6/c1-4-15-10-12(11-15)13(17)16(8-6-14-2)7-5-9-18-3;1-8(2)9-6-4-3-5-7-9;1-2/h12,14H,4-11H2,1-3H3;8-9H,3-7H2,1-2H3;1-2H3. The van der Waals surface area contributed by atoms with Crippen molar-refractivity contribution in [3.8, 4) is 0 Å². The topological polar surface area (TPSA) is 44.8 Å². The molecule has 0 unspecified atom stereocenters. The Morgan fingerprint density at radius 3 is 2.21 bits per heavy atom. The van der Waals surface area contributed by atoms with Crippen LogP contribution >= 0.6 is 0 Å². The van der Waals surface area contributed by atoms with Crippen LogP contribution in [0, 0.1) is 17.8 Å². The van der Waals surface area contributed by atoms with Crippen LogP contribution in [0.3, 0.4) is 0 Å². The Bertz CT molecular complexity index is 378. The first kappa shape index (κ1) is 28.4. The molecule has 1 heterocycles. The van der Waals surface area contributed by atoms with Crippen LogP contribution in [-0.4, -0.2) is 75.7 Å². The smallest absolute Gasteiger partial charge is 0.228 e. The number of nitrogens with zero attached hydrogens (tertiary/aromatic N) is 2. The molecule has 174 valence electrons. The summed E-state index contributed by atoms with van der Waals surface area (Å²) < 4.78 is 5.05. The number of rotatable bonds is 10. The molecule has 1 saturated heterocycles. The second kappa shape index (κ2) is 18.1. The van der Waals surface area contributed by atoms with Crippen molar-refractivity contribution in [2.45, 2.75) is 73.1 Å².